The van der Waals surface area contributed by atoms with E-state index >= 15 is 0 Å². The van der Waals surface area contributed by atoms with Crippen LogP contribution >= 0.6 is 0 Å². The highest BCUT2D eigenvalue weighted by Gasteiger charge is 2.14. The Balaban J connectivity index is 2.17. The molecule has 0 unspecified atom stereocenters. The van der Waals surface area contributed by atoms with Gasteiger partial charge in [0.1, 0.15) is 0 Å². The van der Waals surface area contributed by atoms with Crippen LogP contribution in [0.1, 0.15) is 24.2 Å². The fourth-order valence-corrected chi connectivity index (χ4v) is 2.07. The lowest BCUT2D eigenvalue weighted by atomic mass is 10.3. The Morgan fingerprint density at radius 2 is 1.62 bits per heavy atom. The molecule has 0 saturated heterocycles. The number of carbonyl (C=O) groups is 1. The van der Waals surface area contributed by atoms with Crippen LogP contribution in [0.15, 0.2) is 42.7 Å². The molecule has 1 aromatic heterocycles. The zero-order chi connectivity index (χ0) is 15.2. The van der Waals surface area contributed by atoms with Gasteiger partial charge in [0.05, 0.1) is 5.56 Å². The van der Waals surface area contributed by atoms with Gasteiger partial charge in [0.2, 0.25) is 5.95 Å². The molecule has 110 valence electrons. The molecule has 0 bridgehead atoms. The van der Waals surface area contributed by atoms with Crippen molar-refractivity contribution in [3.8, 4) is 0 Å². The average molecular weight is 284 g/mol. The van der Waals surface area contributed by atoms with Crippen molar-refractivity contribution in [3.63, 3.8) is 0 Å². The summed E-state index contributed by atoms with van der Waals surface area (Å²) in [5.74, 6) is 0.534. The number of aromatic nitrogens is 2. The topological polar surface area (TPSA) is 49.3 Å². The molecule has 21 heavy (non-hydrogen) atoms. The molecule has 5 heteroatoms. The van der Waals surface area contributed by atoms with Crippen LogP contribution in [0.3, 0.4) is 0 Å². The molecule has 0 aliphatic carbocycles. The number of hydrogen-bond acceptors (Lipinski definition) is 4. The summed E-state index contributed by atoms with van der Waals surface area (Å²) in [6.07, 6.45) is 3.17. The molecule has 5 nitrogen and oxygen atoms in total. The van der Waals surface area contributed by atoms with Crippen molar-refractivity contribution in [1.82, 2.24) is 14.9 Å². The van der Waals surface area contributed by atoms with Gasteiger partial charge in [-0.05, 0) is 26.0 Å². The van der Waals surface area contributed by atoms with E-state index < -0.39 is 0 Å². The van der Waals surface area contributed by atoms with Crippen LogP contribution in [0.2, 0.25) is 0 Å². The van der Waals surface area contributed by atoms with Crippen molar-refractivity contribution in [3.05, 3.63) is 48.3 Å². The van der Waals surface area contributed by atoms with E-state index in [1.807, 2.05) is 56.1 Å². The maximum Gasteiger partial charge on any atom is 0.256 e. The first kappa shape index (κ1) is 15.0. The number of hydrogen-bond donors (Lipinski definition) is 0. The lowest BCUT2D eigenvalue weighted by molar-refractivity contribution is 0.0772. The van der Waals surface area contributed by atoms with Crippen LogP contribution in [0.5, 0.6) is 0 Å². The highest BCUT2D eigenvalue weighted by molar-refractivity contribution is 5.93. The summed E-state index contributed by atoms with van der Waals surface area (Å²) >= 11 is 0. The molecule has 0 aliphatic heterocycles. The molecule has 0 spiro atoms. The molecule has 0 N–H and O–H groups in total. The number of nitrogens with zero attached hydrogens (tertiary/aromatic N) is 4. The van der Waals surface area contributed by atoms with Gasteiger partial charge in [-0.2, -0.15) is 0 Å². The van der Waals surface area contributed by atoms with Gasteiger partial charge in [-0.15, -0.1) is 0 Å². The highest BCUT2D eigenvalue weighted by atomic mass is 16.2. The smallest absolute Gasteiger partial charge is 0.256 e. The summed E-state index contributed by atoms with van der Waals surface area (Å²) < 4.78 is 0. The molecule has 0 atom stereocenters. The minimum Gasteiger partial charge on any atom is -0.339 e. The van der Waals surface area contributed by atoms with E-state index in [9.17, 15) is 4.79 Å². The van der Waals surface area contributed by atoms with Gasteiger partial charge < -0.3 is 9.80 Å². The molecule has 1 amide bonds. The Kier molecular flexibility index (Phi) is 4.87. The van der Waals surface area contributed by atoms with Gasteiger partial charge in [-0.1, -0.05) is 18.2 Å². The van der Waals surface area contributed by atoms with Crippen LogP contribution in [0.4, 0.5) is 11.6 Å². The molecule has 0 aliphatic rings. The molecular weight excluding hydrogens is 264 g/mol. The van der Waals surface area contributed by atoms with Gasteiger partial charge in [0.15, 0.2) is 0 Å². The Hall–Kier alpha value is -2.43. The summed E-state index contributed by atoms with van der Waals surface area (Å²) in [6, 6.07) is 9.86. The largest absolute Gasteiger partial charge is 0.339 e. The lowest BCUT2D eigenvalue weighted by Gasteiger charge is -2.19. The monoisotopic (exact) mass is 284 g/mol. The molecule has 2 rings (SSSR count). The van der Waals surface area contributed by atoms with Crippen LogP contribution in [-0.4, -0.2) is 40.9 Å². The Bertz CT molecular complexity index is 579. The third-order valence-electron chi connectivity index (χ3n) is 3.38. The second kappa shape index (κ2) is 6.83. The van der Waals surface area contributed by atoms with E-state index in [2.05, 4.69) is 9.97 Å². The van der Waals surface area contributed by atoms with Crippen molar-refractivity contribution in [2.45, 2.75) is 13.8 Å². The number of para-hydroxylation sites is 1. The van der Waals surface area contributed by atoms with Crippen LogP contribution in [0, 0.1) is 0 Å². The van der Waals surface area contributed by atoms with Crippen LogP contribution < -0.4 is 4.90 Å². The second-order valence-electron chi connectivity index (χ2n) is 4.64. The first-order valence-electron chi connectivity index (χ1n) is 7.07. The molecule has 2 aromatic rings. The van der Waals surface area contributed by atoms with E-state index in [1.165, 1.54) is 0 Å². The van der Waals surface area contributed by atoms with Crippen molar-refractivity contribution in [1.29, 1.82) is 0 Å². The summed E-state index contributed by atoms with van der Waals surface area (Å²) in [5, 5.41) is 0. The normalized spacial score (nSPS) is 10.2. The van der Waals surface area contributed by atoms with E-state index in [0.717, 1.165) is 5.69 Å². The van der Waals surface area contributed by atoms with Crippen LogP contribution in [0.25, 0.3) is 0 Å². The van der Waals surface area contributed by atoms with Crippen molar-refractivity contribution >= 4 is 17.5 Å². The zero-order valence-electron chi connectivity index (χ0n) is 12.7. The third kappa shape index (κ3) is 3.37. The standard InChI is InChI=1S/C16H20N4O/c1-4-20(5-2)15(21)13-11-17-16(18-12-13)19(3)14-9-7-6-8-10-14/h6-12H,4-5H2,1-3H3. The van der Waals surface area contributed by atoms with E-state index in [4.69, 9.17) is 0 Å². The lowest BCUT2D eigenvalue weighted by Crippen LogP contribution is -2.30. The Morgan fingerprint density at radius 1 is 1.05 bits per heavy atom. The van der Waals surface area contributed by atoms with Crippen molar-refractivity contribution < 1.29 is 4.79 Å². The maximum atomic E-state index is 12.2. The fraction of sp³-hybridized carbons (Fsp3) is 0.312. The van der Waals surface area contributed by atoms with Gasteiger partial charge in [-0.25, -0.2) is 9.97 Å². The van der Waals surface area contributed by atoms with Gasteiger partial charge in [0.25, 0.3) is 5.91 Å². The fourth-order valence-electron chi connectivity index (χ4n) is 2.07. The summed E-state index contributed by atoms with van der Waals surface area (Å²) in [4.78, 5) is 24.4. The van der Waals surface area contributed by atoms with Crippen LogP contribution in [-0.2, 0) is 0 Å². The van der Waals surface area contributed by atoms with Gasteiger partial charge in [-0.3, -0.25) is 4.79 Å². The van der Waals surface area contributed by atoms with Crippen molar-refractivity contribution in [2.75, 3.05) is 25.0 Å². The Labute approximate surface area is 125 Å². The number of carbonyl (C=O) groups excluding carboxylic acids is 1. The number of rotatable bonds is 5. The second-order valence-corrected chi connectivity index (χ2v) is 4.64. The maximum absolute atomic E-state index is 12.2. The summed E-state index contributed by atoms with van der Waals surface area (Å²) in [7, 11) is 1.90. The zero-order valence-corrected chi connectivity index (χ0v) is 12.7. The molecular formula is C16H20N4O. The predicted molar refractivity (Wildman–Crippen MR) is 83.8 cm³/mol. The van der Waals surface area contributed by atoms with Crippen molar-refractivity contribution in [2.24, 2.45) is 0 Å². The highest BCUT2D eigenvalue weighted by Crippen LogP contribution is 2.18. The minimum atomic E-state index is -0.0334. The molecule has 0 radical (unpaired) electrons. The Morgan fingerprint density at radius 3 is 2.14 bits per heavy atom. The SMILES string of the molecule is CCN(CC)C(=O)c1cnc(N(C)c2ccccc2)nc1. The summed E-state index contributed by atoms with van der Waals surface area (Å²) in [5.41, 5.74) is 1.52. The predicted octanol–water partition coefficient (Wildman–Crippen LogP) is 2.73. The van der Waals surface area contributed by atoms with E-state index in [0.29, 0.717) is 24.6 Å². The summed E-state index contributed by atoms with van der Waals surface area (Å²) in [6.45, 7) is 5.28. The molecule has 0 fully saturated rings. The average Bonchev–Trinajstić information content (AvgIpc) is 2.56. The minimum absolute atomic E-state index is 0.0334. The number of anilines is 2. The quantitative estimate of drug-likeness (QED) is 0.847. The number of amides is 1. The molecule has 1 heterocycles. The number of benzene rings is 1. The third-order valence-corrected chi connectivity index (χ3v) is 3.38. The van der Waals surface area contributed by atoms with Gasteiger partial charge in [0, 0.05) is 38.2 Å². The first-order valence-corrected chi connectivity index (χ1v) is 7.07. The first-order chi connectivity index (χ1) is 10.2. The van der Waals surface area contributed by atoms with Gasteiger partial charge >= 0.3 is 0 Å². The molecule has 0 saturated carbocycles. The molecule has 1 aromatic carbocycles. The van der Waals surface area contributed by atoms with E-state index in [1.54, 1.807) is 17.3 Å². The van der Waals surface area contributed by atoms with E-state index in [-0.39, 0.29) is 5.91 Å².